The fourth-order valence-electron chi connectivity index (χ4n) is 6.80. The van der Waals surface area contributed by atoms with Crippen molar-refractivity contribution in [3.63, 3.8) is 0 Å². The predicted octanol–water partition coefficient (Wildman–Crippen LogP) is 14.3. The van der Waals surface area contributed by atoms with Crippen molar-refractivity contribution in [1.29, 1.82) is 0 Å². The van der Waals surface area contributed by atoms with Gasteiger partial charge in [0.2, 0.25) is 0 Å². The molecule has 0 aliphatic heterocycles. The fourth-order valence-corrected chi connectivity index (χ4v) is 6.80. The summed E-state index contributed by atoms with van der Waals surface area (Å²) in [5.41, 5.74) is 0. The first-order valence-corrected chi connectivity index (χ1v) is 22.9. The van der Waals surface area contributed by atoms with Gasteiger partial charge in [-0.1, -0.05) is 214 Å². The third-order valence-electron chi connectivity index (χ3n) is 10.3. The van der Waals surface area contributed by atoms with Gasteiger partial charge < -0.3 is 14.2 Å². The van der Waals surface area contributed by atoms with Gasteiger partial charge >= 0.3 is 17.9 Å². The Labute approximate surface area is 323 Å². The number of carbonyl (C=O) groups excluding carboxylic acids is 3. The fraction of sp³-hybridized carbons (Fsp3) is 0.935. The molecule has 0 amide bonds. The van der Waals surface area contributed by atoms with Gasteiger partial charge in [-0.05, 0) is 25.2 Å². The third-order valence-corrected chi connectivity index (χ3v) is 10.3. The van der Waals surface area contributed by atoms with Crippen molar-refractivity contribution in [3.05, 3.63) is 0 Å². The number of carbonyl (C=O) groups is 3. The average Bonchev–Trinajstić information content (AvgIpc) is 3.12. The van der Waals surface area contributed by atoms with Gasteiger partial charge in [-0.15, -0.1) is 0 Å². The lowest BCUT2D eigenvalue weighted by Gasteiger charge is -2.18. The van der Waals surface area contributed by atoms with Gasteiger partial charge in [-0.3, -0.25) is 14.4 Å². The van der Waals surface area contributed by atoms with Gasteiger partial charge in [-0.25, -0.2) is 0 Å². The van der Waals surface area contributed by atoms with Crippen molar-refractivity contribution >= 4 is 17.9 Å². The molecule has 0 radical (unpaired) electrons. The highest BCUT2D eigenvalue weighted by Gasteiger charge is 2.19. The monoisotopic (exact) mass is 737 g/mol. The summed E-state index contributed by atoms with van der Waals surface area (Å²) >= 11 is 0. The zero-order valence-corrected chi connectivity index (χ0v) is 35.3. The quantitative estimate of drug-likeness (QED) is 0.0353. The molecule has 0 bridgehead atoms. The second-order valence-electron chi connectivity index (χ2n) is 16.2. The Kier molecular flexibility index (Phi) is 39.4. The Morgan fingerprint density at radius 3 is 0.942 bits per heavy atom. The van der Waals surface area contributed by atoms with Crippen LogP contribution in [0.5, 0.6) is 0 Å². The zero-order chi connectivity index (χ0) is 38.2. The highest BCUT2D eigenvalue weighted by Crippen LogP contribution is 2.16. The maximum Gasteiger partial charge on any atom is 0.306 e. The predicted molar refractivity (Wildman–Crippen MR) is 220 cm³/mol. The van der Waals surface area contributed by atoms with Crippen LogP contribution in [0.15, 0.2) is 0 Å². The van der Waals surface area contributed by atoms with E-state index in [1.165, 1.54) is 141 Å². The molecule has 0 heterocycles. The molecule has 6 nitrogen and oxygen atoms in total. The van der Waals surface area contributed by atoms with Gasteiger partial charge in [0.25, 0.3) is 0 Å². The summed E-state index contributed by atoms with van der Waals surface area (Å²) in [7, 11) is 0. The van der Waals surface area contributed by atoms with E-state index in [1.54, 1.807) is 0 Å². The summed E-state index contributed by atoms with van der Waals surface area (Å²) in [5.74, 6) is -0.0943. The molecule has 308 valence electrons. The van der Waals surface area contributed by atoms with Crippen LogP contribution in [0.4, 0.5) is 0 Å². The van der Waals surface area contributed by atoms with Crippen molar-refractivity contribution in [1.82, 2.24) is 0 Å². The molecule has 52 heavy (non-hydrogen) atoms. The second-order valence-corrected chi connectivity index (χ2v) is 16.2. The molecule has 1 atom stereocenters. The van der Waals surface area contributed by atoms with E-state index in [0.717, 1.165) is 70.1 Å². The SMILES string of the molecule is CCCCCCCCCCCCCCCCCCCCCC(=O)OC[C@@H](COC(=O)CCCCCCC)OC(=O)CCCCCCCCCC(C)C. The van der Waals surface area contributed by atoms with E-state index >= 15 is 0 Å². The molecule has 0 aromatic carbocycles. The van der Waals surface area contributed by atoms with E-state index in [1.807, 2.05) is 0 Å². The molecule has 0 rings (SSSR count). The summed E-state index contributed by atoms with van der Waals surface area (Å²) in [5, 5.41) is 0. The van der Waals surface area contributed by atoms with Crippen LogP contribution < -0.4 is 0 Å². The lowest BCUT2D eigenvalue weighted by atomic mass is 10.0. The molecule has 0 aromatic rings. The molecule has 0 aliphatic rings. The van der Waals surface area contributed by atoms with E-state index < -0.39 is 6.10 Å². The van der Waals surface area contributed by atoms with Crippen LogP contribution in [0.1, 0.15) is 252 Å². The van der Waals surface area contributed by atoms with Crippen LogP contribution in [-0.4, -0.2) is 37.2 Å². The lowest BCUT2D eigenvalue weighted by molar-refractivity contribution is -0.167. The largest absolute Gasteiger partial charge is 0.462 e. The Hall–Kier alpha value is -1.59. The van der Waals surface area contributed by atoms with Gasteiger partial charge in [-0.2, -0.15) is 0 Å². The molecule has 6 heteroatoms. The Morgan fingerprint density at radius 2 is 0.635 bits per heavy atom. The van der Waals surface area contributed by atoms with E-state index in [4.69, 9.17) is 14.2 Å². The minimum absolute atomic E-state index is 0.0656. The van der Waals surface area contributed by atoms with Gasteiger partial charge in [0.05, 0.1) is 0 Å². The van der Waals surface area contributed by atoms with Crippen molar-refractivity contribution in [2.24, 2.45) is 5.92 Å². The molecule has 0 saturated carbocycles. The summed E-state index contributed by atoms with van der Waals surface area (Å²) in [6.07, 6.45) is 39.9. The van der Waals surface area contributed by atoms with Gasteiger partial charge in [0.1, 0.15) is 13.2 Å². The highest BCUT2D eigenvalue weighted by atomic mass is 16.6. The standard InChI is InChI=1S/C46H88O6/c1-5-7-9-11-12-13-14-15-16-17-18-19-20-21-22-23-26-30-34-38-45(48)51-41-43(40-50-44(47)37-33-28-10-8-6-2)52-46(49)39-35-31-27-24-25-29-32-36-42(3)4/h42-43H,5-41H2,1-4H3/t43-/m1/s1. The average molecular weight is 737 g/mol. The van der Waals surface area contributed by atoms with Crippen molar-refractivity contribution in [2.45, 2.75) is 259 Å². The summed E-state index contributed by atoms with van der Waals surface area (Å²) in [6.45, 7) is 8.87. The Balaban J connectivity index is 4.09. The van der Waals surface area contributed by atoms with Gasteiger partial charge in [0, 0.05) is 19.3 Å². The number of esters is 3. The number of hydrogen-bond acceptors (Lipinski definition) is 6. The van der Waals surface area contributed by atoms with Gasteiger partial charge in [0.15, 0.2) is 6.10 Å². The van der Waals surface area contributed by atoms with Crippen LogP contribution in [0, 0.1) is 5.92 Å². The van der Waals surface area contributed by atoms with Crippen molar-refractivity contribution < 1.29 is 28.6 Å². The number of hydrogen-bond donors (Lipinski definition) is 0. The zero-order valence-electron chi connectivity index (χ0n) is 35.3. The Morgan fingerprint density at radius 1 is 0.365 bits per heavy atom. The second kappa shape index (κ2) is 40.6. The topological polar surface area (TPSA) is 78.9 Å². The normalized spacial score (nSPS) is 11.9. The molecule has 0 unspecified atom stereocenters. The number of rotatable bonds is 41. The molecule has 0 saturated heterocycles. The van der Waals surface area contributed by atoms with E-state index in [2.05, 4.69) is 27.7 Å². The first-order chi connectivity index (χ1) is 25.4. The van der Waals surface area contributed by atoms with E-state index in [0.29, 0.717) is 19.3 Å². The maximum absolute atomic E-state index is 12.6. The summed E-state index contributed by atoms with van der Waals surface area (Å²) in [4.78, 5) is 37.4. The first-order valence-electron chi connectivity index (χ1n) is 22.9. The molecule has 0 aromatic heterocycles. The van der Waals surface area contributed by atoms with Crippen LogP contribution in [-0.2, 0) is 28.6 Å². The van der Waals surface area contributed by atoms with E-state index in [-0.39, 0.29) is 31.1 Å². The Bertz CT molecular complexity index is 781. The van der Waals surface area contributed by atoms with Crippen LogP contribution in [0.3, 0.4) is 0 Å². The van der Waals surface area contributed by atoms with E-state index in [9.17, 15) is 14.4 Å². The highest BCUT2D eigenvalue weighted by molar-refractivity contribution is 5.71. The lowest BCUT2D eigenvalue weighted by Crippen LogP contribution is -2.30. The maximum atomic E-state index is 12.6. The molecule has 0 spiro atoms. The van der Waals surface area contributed by atoms with Crippen LogP contribution in [0.25, 0.3) is 0 Å². The van der Waals surface area contributed by atoms with Crippen LogP contribution in [0.2, 0.25) is 0 Å². The van der Waals surface area contributed by atoms with Crippen molar-refractivity contribution in [2.75, 3.05) is 13.2 Å². The smallest absolute Gasteiger partial charge is 0.306 e. The molecule has 0 fully saturated rings. The third kappa shape index (κ3) is 39.6. The first kappa shape index (κ1) is 50.4. The minimum Gasteiger partial charge on any atom is -0.462 e. The number of ether oxygens (including phenoxy) is 3. The van der Waals surface area contributed by atoms with Crippen molar-refractivity contribution in [3.8, 4) is 0 Å². The molecule has 0 aliphatic carbocycles. The molecule has 0 N–H and O–H groups in total. The van der Waals surface area contributed by atoms with Crippen LogP contribution >= 0.6 is 0 Å². The molecular formula is C46H88O6. The summed E-state index contributed by atoms with van der Waals surface area (Å²) in [6, 6.07) is 0. The molecular weight excluding hydrogens is 648 g/mol. The minimum atomic E-state index is -0.758. The summed E-state index contributed by atoms with van der Waals surface area (Å²) < 4.78 is 16.6. The number of unbranched alkanes of at least 4 members (excludes halogenated alkanes) is 28.